The van der Waals surface area contributed by atoms with Crippen LogP contribution in [0, 0.1) is 25.7 Å². The van der Waals surface area contributed by atoms with Gasteiger partial charge in [0, 0.05) is 17.5 Å². The second-order valence-electron chi connectivity index (χ2n) is 6.51. The zero-order valence-corrected chi connectivity index (χ0v) is 14.3. The van der Waals surface area contributed by atoms with Crippen LogP contribution in [0.3, 0.4) is 0 Å². The first-order chi connectivity index (χ1) is 10.5. The maximum absolute atomic E-state index is 5.94. The quantitative estimate of drug-likeness (QED) is 0.766. The standard InChI is InChI=1S/C19H26N2O/c1-13(2)10-14(3)12-22-19-7-6-18(21-16(19)5)17-8-9-20-15(4)11-17/h6-9,11,13-14H,10,12H2,1-5H3. The van der Waals surface area contributed by atoms with Gasteiger partial charge in [0.2, 0.25) is 0 Å². The molecule has 0 spiro atoms. The summed E-state index contributed by atoms with van der Waals surface area (Å²) in [6.45, 7) is 11.5. The van der Waals surface area contributed by atoms with Crippen molar-refractivity contribution in [3.63, 3.8) is 0 Å². The Hall–Kier alpha value is -1.90. The Kier molecular flexibility index (Phi) is 5.53. The van der Waals surface area contributed by atoms with Crippen LogP contribution in [0.2, 0.25) is 0 Å². The van der Waals surface area contributed by atoms with Crippen molar-refractivity contribution in [1.82, 2.24) is 9.97 Å². The Labute approximate surface area is 133 Å². The van der Waals surface area contributed by atoms with Gasteiger partial charge in [-0.2, -0.15) is 0 Å². The van der Waals surface area contributed by atoms with Crippen LogP contribution in [0.1, 0.15) is 38.6 Å². The lowest BCUT2D eigenvalue weighted by Gasteiger charge is -2.16. The molecular weight excluding hydrogens is 272 g/mol. The summed E-state index contributed by atoms with van der Waals surface area (Å²) in [6.07, 6.45) is 3.00. The van der Waals surface area contributed by atoms with E-state index < -0.39 is 0 Å². The molecule has 0 N–H and O–H groups in total. The number of nitrogens with zero attached hydrogens (tertiary/aromatic N) is 2. The lowest BCUT2D eigenvalue weighted by molar-refractivity contribution is 0.237. The Morgan fingerprint density at radius 3 is 2.50 bits per heavy atom. The van der Waals surface area contributed by atoms with E-state index in [1.807, 2.05) is 44.3 Å². The van der Waals surface area contributed by atoms with Crippen molar-refractivity contribution in [3.05, 3.63) is 41.9 Å². The number of hydrogen-bond acceptors (Lipinski definition) is 3. The molecule has 0 saturated heterocycles. The highest BCUT2D eigenvalue weighted by molar-refractivity contribution is 5.60. The lowest BCUT2D eigenvalue weighted by Crippen LogP contribution is -2.11. The third kappa shape index (κ3) is 4.55. The first-order valence-corrected chi connectivity index (χ1v) is 7.99. The fourth-order valence-corrected chi connectivity index (χ4v) is 2.67. The SMILES string of the molecule is Cc1cc(-c2ccc(OCC(C)CC(C)C)c(C)n2)ccn1. The average Bonchev–Trinajstić information content (AvgIpc) is 2.45. The third-order valence-electron chi connectivity index (χ3n) is 3.63. The topological polar surface area (TPSA) is 35.0 Å². The lowest BCUT2D eigenvalue weighted by atomic mass is 10.00. The van der Waals surface area contributed by atoms with E-state index in [-0.39, 0.29) is 0 Å². The van der Waals surface area contributed by atoms with Gasteiger partial charge >= 0.3 is 0 Å². The molecule has 0 aliphatic rings. The fraction of sp³-hybridized carbons (Fsp3) is 0.474. The van der Waals surface area contributed by atoms with Crippen LogP contribution in [0.25, 0.3) is 11.3 Å². The summed E-state index contributed by atoms with van der Waals surface area (Å²) in [4.78, 5) is 8.90. The minimum Gasteiger partial charge on any atom is -0.491 e. The number of hydrogen-bond donors (Lipinski definition) is 0. The van der Waals surface area contributed by atoms with E-state index in [1.54, 1.807) is 0 Å². The molecule has 0 fully saturated rings. The highest BCUT2D eigenvalue weighted by atomic mass is 16.5. The molecule has 118 valence electrons. The van der Waals surface area contributed by atoms with Gasteiger partial charge in [-0.1, -0.05) is 20.8 Å². The van der Waals surface area contributed by atoms with Gasteiger partial charge in [0.15, 0.2) is 0 Å². The molecule has 1 atom stereocenters. The van der Waals surface area contributed by atoms with Crippen LogP contribution in [0.4, 0.5) is 0 Å². The summed E-state index contributed by atoms with van der Waals surface area (Å²) in [7, 11) is 0. The van der Waals surface area contributed by atoms with Crippen molar-refractivity contribution in [2.24, 2.45) is 11.8 Å². The molecule has 0 saturated carbocycles. The zero-order chi connectivity index (χ0) is 16.1. The molecule has 0 aromatic carbocycles. The highest BCUT2D eigenvalue weighted by Gasteiger charge is 2.09. The fourth-order valence-electron chi connectivity index (χ4n) is 2.67. The number of ether oxygens (including phenoxy) is 1. The number of aryl methyl sites for hydroxylation is 2. The molecule has 0 bridgehead atoms. The summed E-state index contributed by atoms with van der Waals surface area (Å²) in [5, 5.41) is 0. The Balaban J connectivity index is 2.07. The zero-order valence-electron chi connectivity index (χ0n) is 14.3. The first kappa shape index (κ1) is 16.5. The molecule has 3 heteroatoms. The van der Waals surface area contributed by atoms with Crippen molar-refractivity contribution < 1.29 is 4.74 Å². The van der Waals surface area contributed by atoms with Crippen LogP contribution < -0.4 is 4.74 Å². The van der Waals surface area contributed by atoms with Gasteiger partial charge < -0.3 is 4.74 Å². The molecule has 2 heterocycles. The van der Waals surface area contributed by atoms with E-state index in [4.69, 9.17) is 4.74 Å². The number of pyridine rings is 2. The molecule has 2 rings (SSSR count). The molecular formula is C19H26N2O. The first-order valence-electron chi connectivity index (χ1n) is 7.99. The summed E-state index contributed by atoms with van der Waals surface area (Å²) in [5.41, 5.74) is 3.99. The van der Waals surface area contributed by atoms with Gasteiger partial charge in [0.1, 0.15) is 5.75 Å². The minimum absolute atomic E-state index is 0.557. The molecule has 0 aliphatic heterocycles. The van der Waals surface area contributed by atoms with Gasteiger partial charge in [-0.05, 0) is 56.4 Å². The maximum atomic E-state index is 5.94. The van der Waals surface area contributed by atoms with Crippen LogP contribution in [-0.4, -0.2) is 16.6 Å². The molecule has 2 aromatic heterocycles. The van der Waals surface area contributed by atoms with Crippen LogP contribution in [0.15, 0.2) is 30.5 Å². The second kappa shape index (κ2) is 7.39. The molecule has 2 aromatic rings. The van der Waals surface area contributed by atoms with Crippen molar-refractivity contribution in [1.29, 1.82) is 0 Å². The summed E-state index contributed by atoms with van der Waals surface area (Å²) < 4.78 is 5.94. The number of rotatable bonds is 6. The molecule has 22 heavy (non-hydrogen) atoms. The monoisotopic (exact) mass is 298 g/mol. The van der Waals surface area contributed by atoms with Gasteiger partial charge in [-0.25, -0.2) is 4.98 Å². The minimum atomic E-state index is 0.557. The van der Waals surface area contributed by atoms with E-state index in [9.17, 15) is 0 Å². The molecule has 0 radical (unpaired) electrons. The highest BCUT2D eigenvalue weighted by Crippen LogP contribution is 2.24. The van der Waals surface area contributed by atoms with Crippen molar-refractivity contribution in [2.45, 2.75) is 41.0 Å². The van der Waals surface area contributed by atoms with Gasteiger partial charge in [-0.3, -0.25) is 4.98 Å². The van der Waals surface area contributed by atoms with Crippen molar-refractivity contribution in [3.8, 4) is 17.0 Å². The largest absolute Gasteiger partial charge is 0.491 e. The van der Waals surface area contributed by atoms with Crippen LogP contribution in [-0.2, 0) is 0 Å². The predicted molar refractivity (Wildman–Crippen MR) is 91.1 cm³/mol. The third-order valence-corrected chi connectivity index (χ3v) is 3.63. The average molecular weight is 298 g/mol. The molecule has 1 unspecified atom stereocenters. The van der Waals surface area contributed by atoms with Crippen LogP contribution >= 0.6 is 0 Å². The van der Waals surface area contributed by atoms with Gasteiger partial charge in [-0.15, -0.1) is 0 Å². The van der Waals surface area contributed by atoms with Gasteiger partial charge in [0.25, 0.3) is 0 Å². The molecule has 3 nitrogen and oxygen atoms in total. The van der Waals surface area contributed by atoms with E-state index >= 15 is 0 Å². The second-order valence-corrected chi connectivity index (χ2v) is 6.51. The van der Waals surface area contributed by atoms with Crippen molar-refractivity contribution in [2.75, 3.05) is 6.61 Å². The number of aromatic nitrogens is 2. The molecule has 0 amide bonds. The summed E-state index contributed by atoms with van der Waals surface area (Å²) >= 11 is 0. The Morgan fingerprint density at radius 1 is 1.09 bits per heavy atom. The van der Waals surface area contributed by atoms with E-state index in [1.165, 1.54) is 6.42 Å². The molecule has 0 aliphatic carbocycles. The smallest absolute Gasteiger partial charge is 0.140 e. The normalized spacial score (nSPS) is 12.5. The van der Waals surface area contributed by atoms with Crippen LogP contribution in [0.5, 0.6) is 5.75 Å². The van der Waals surface area contributed by atoms with E-state index in [0.29, 0.717) is 11.8 Å². The Morgan fingerprint density at radius 2 is 1.86 bits per heavy atom. The van der Waals surface area contributed by atoms with E-state index in [2.05, 4.69) is 30.7 Å². The Bertz CT molecular complexity index is 623. The summed E-state index contributed by atoms with van der Waals surface area (Å²) in [6, 6.07) is 8.08. The predicted octanol–water partition coefficient (Wildman–Crippen LogP) is 4.82. The van der Waals surface area contributed by atoms with Crippen molar-refractivity contribution >= 4 is 0 Å². The van der Waals surface area contributed by atoms with E-state index in [0.717, 1.165) is 35.0 Å². The maximum Gasteiger partial charge on any atom is 0.140 e. The summed E-state index contributed by atoms with van der Waals surface area (Å²) in [5.74, 6) is 2.14. The van der Waals surface area contributed by atoms with Gasteiger partial charge in [0.05, 0.1) is 18.0 Å².